The van der Waals surface area contributed by atoms with Crippen LogP contribution in [0.3, 0.4) is 0 Å². The van der Waals surface area contributed by atoms with Crippen LogP contribution in [0.15, 0.2) is 24.3 Å². The zero-order valence-electron chi connectivity index (χ0n) is 9.85. The second kappa shape index (κ2) is 8.73. The monoisotopic (exact) mass is 351 g/mol. The van der Waals surface area contributed by atoms with Crippen LogP contribution in [0.1, 0.15) is 12.5 Å². The minimum atomic E-state index is 0. The smallest absolute Gasteiger partial charge is 0.242 e. The summed E-state index contributed by atoms with van der Waals surface area (Å²) in [6, 6.07) is 8.32. The minimum absolute atomic E-state index is 0. The molecule has 0 saturated carbocycles. The summed E-state index contributed by atoms with van der Waals surface area (Å²) in [7, 11) is 4.28. The molecule has 92 valence electrons. The third-order valence-corrected chi connectivity index (χ3v) is 1.83. The molecular formula is C11H19Br2N3. The van der Waals surface area contributed by atoms with Crippen molar-refractivity contribution < 1.29 is 43.9 Å². The normalized spacial score (nSPS) is 10.6. The van der Waals surface area contributed by atoms with E-state index < -0.39 is 0 Å². The van der Waals surface area contributed by atoms with Crippen molar-refractivity contribution in [1.29, 1.82) is 0 Å². The van der Waals surface area contributed by atoms with Gasteiger partial charge in [-0.2, -0.15) is 0 Å². The van der Waals surface area contributed by atoms with E-state index in [0.29, 0.717) is 0 Å². The van der Waals surface area contributed by atoms with Crippen LogP contribution in [0.2, 0.25) is 0 Å². The van der Waals surface area contributed by atoms with Crippen LogP contribution in [0.5, 0.6) is 0 Å². The highest BCUT2D eigenvalue weighted by molar-refractivity contribution is 5.72. The number of amidine groups is 1. The van der Waals surface area contributed by atoms with Gasteiger partial charge in [-0.15, -0.1) is 0 Å². The van der Waals surface area contributed by atoms with Crippen molar-refractivity contribution in [3.05, 3.63) is 29.8 Å². The third-order valence-electron chi connectivity index (χ3n) is 1.83. The molecule has 0 aliphatic rings. The summed E-state index contributed by atoms with van der Waals surface area (Å²) in [6.07, 6.45) is 0. The predicted molar refractivity (Wildman–Crippen MR) is 58.4 cm³/mol. The minimum Gasteiger partial charge on any atom is -1.00 e. The molecular weight excluding hydrogens is 334 g/mol. The molecule has 0 atom stereocenters. The van der Waals surface area contributed by atoms with E-state index in [1.54, 1.807) is 0 Å². The van der Waals surface area contributed by atoms with Gasteiger partial charge in [0, 0.05) is 12.5 Å². The van der Waals surface area contributed by atoms with E-state index in [-0.39, 0.29) is 34.0 Å². The molecule has 0 aromatic heterocycles. The molecule has 0 spiro atoms. The fraction of sp³-hybridized carbons (Fsp3) is 0.364. The molecule has 1 rings (SSSR count). The van der Waals surface area contributed by atoms with Gasteiger partial charge in [0.1, 0.15) is 12.2 Å². The van der Waals surface area contributed by atoms with E-state index >= 15 is 0 Å². The molecule has 3 nitrogen and oxygen atoms in total. The molecule has 0 saturated heterocycles. The van der Waals surface area contributed by atoms with E-state index in [9.17, 15) is 0 Å². The largest absolute Gasteiger partial charge is 1.00 e. The first kappa shape index (κ1) is 18.0. The summed E-state index contributed by atoms with van der Waals surface area (Å²) < 4.78 is 0. The molecule has 0 aliphatic carbocycles. The molecule has 0 heterocycles. The molecule has 0 amide bonds. The van der Waals surface area contributed by atoms with Gasteiger partial charge >= 0.3 is 0 Å². The number of rotatable bonds is 3. The van der Waals surface area contributed by atoms with E-state index in [1.165, 1.54) is 10.5 Å². The Labute approximate surface area is 118 Å². The van der Waals surface area contributed by atoms with Gasteiger partial charge in [-0.1, -0.05) is 12.1 Å². The third kappa shape index (κ3) is 6.98. The molecule has 1 aromatic rings. The first-order valence-electron chi connectivity index (χ1n) is 4.82. The maximum absolute atomic E-state index is 5.58. The van der Waals surface area contributed by atoms with E-state index in [0.717, 1.165) is 18.1 Å². The molecule has 5 heteroatoms. The second-order valence-electron chi connectivity index (χ2n) is 3.89. The Balaban J connectivity index is 0. The van der Waals surface area contributed by atoms with Crippen molar-refractivity contribution >= 4 is 11.5 Å². The predicted octanol–water partition coefficient (Wildman–Crippen LogP) is -7.57. The van der Waals surface area contributed by atoms with Gasteiger partial charge in [-0.05, 0) is 12.1 Å². The number of nitrogens with two attached hydrogens (primary N) is 1. The van der Waals surface area contributed by atoms with Crippen molar-refractivity contribution in [2.45, 2.75) is 13.5 Å². The topological polar surface area (TPSA) is 44.4 Å². The Morgan fingerprint density at radius 2 is 1.94 bits per heavy atom. The van der Waals surface area contributed by atoms with Crippen molar-refractivity contribution in [1.82, 2.24) is 0 Å². The molecule has 0 fully saturated rings. The lowest BCUT2D eigenvalue weighted by atomic mass is 10.2. The fourth-order valence-corrected chi connectivity index (χ4v) is 1.39. The van der Waals surface area contributed by atoms with Crippen LogP contribution >= 0.6 is 0 Å². The van der Waals surface area contributed by atoms with Crippen LogP contribution in [0.25, 0.3) is 0 Å². The average Bonchev–Trinajstić information content (AvgIpc) is 2.01. The first-order chi connectivity index (χ1) is 6.58. The molecule has 16 heavy (non-hydrogen) atoms. The average molecular weight is 353 g/mol. The number of hydrogen-bond donors (Lipinski definition) is 3. The maximum Gasteiger partial charge on any atom is 0.242 e. The lowest BCUT2D eigenvalue weighted by Gasteiger charge is -2.06. The summed E-state index contributed by atoms with van der Waals surface area (Å²) in [4.78, 5) is 4.52. The number of benzene rings is 1. The summed E-state index contributed by atoms with van der Waals surface area (Å²) in [5.41, 5.74) is 7.95. The number of halogens is 2. The summed E-state index contributed by atoms with van der Waals surface area (Å²) >= 11 is 0. The van der Waals surface area contributed by atoms with Gasteiger partial charge in [0.05, 0.1) is 14.1 Å². The van der Waals surface area contributed by atoms with Gasteiger partial charge < -0.3 is 38.9 Å². The number of nitrogens with one attached hydrogen (secondary N) is 2. The van der Waals surface area contributed by atoms with Crippen LogP contribution < -0.4 is 49.6 Å². The quantitative estimate of drug-likeness (QED) is 0.367. The summed E-state index contributed by atoms with van der Waals surface area (Å²) in [6.45, 7) is 2.88. The lowest BCUT2D eigenvalue weighted by molar-refractivity contribution is -0.872. The van der Waals surface area contributed by atoms with E-state index in [2.05, 4.69) is 31.2 Å². The molecule has 0 aliphatic heterocycles. The van der Waals surface area contributed by atoms with Crippen molar-refractivity contribution in [3.63, 3.8) is 0 Å². The van der Waals surface area contributed by atoms with Crippen molar-refractivity contribution in [2.75, 3.05) is 14.1 Å². The second-order valence-corrected chi connectivity index (χ2v) is 3.89. The summed E-state index contributed by atoms with van der Waals surface area (Å²) in [5.74, 6) is 0.722. The Kier molecular flexibility index (Phi) is 9.81. The van der Waals surface area contributed by atoms with Crippen molar-refractivity contribution in [2.24, 2.45) is 5.73 Å². The molecule has 0 bridgehead atoms. The van der Waals surface area contributed by atoms with Crippen LogP contribution in [0, 0.1) is 0 Å². The SMILES string of the molecule is CC(N)=[NH+]c1cccc(C[NH+](C)C)c1.[Br-].[Br-]. The highest BCUT2D eigenvalue weighted by atomic mass is 79.9. The van der Waals surface area contributed by atoms with Gasteiger partial charge in [0.15, 0.2) is 0 Å². The number of quaternary nitrogens is 1. The lowest BCUT2D eigenvalue weighted by Crippen LogP contribution is -3.04. The zero-order chi connectivity index (χ0) is 10.6. The Morgan fingerprint density at radius 3 is 2.44 bits per heavy atom. The van der Waals surface area contributed by atoms with E-state index in [4.69, 9.17) is 5.73 Å². The van der Waals surface area contributed by atoms with Gasteiger partial charge in [0.25, 0.3) is 0 Å². The zero-order valence-corrected chi connectivity index (χ0v) is 13.0. The Bertz CT molecular complexity index is 334. The summed E-state index contributed by atoms with van der Waals surface area (Å²) in [5, 5.41) is 0. The standard InChI is InChI=1S/C11H17N3.2BrH/c1-9(12)13-11-6-4-5-10(7-11)8-14(2)3;;/h4-7H,8H2,1-3H3,(H2,12,13);2*1H. The molecule has 4 N–H and O–H groups in total. The van der Waals surface area contributed by atoms with E-state index in [1.807, 2.05) is 19.1 Å². The molecule has 1 aromatic carbocycles. The van der Waals surface area contributed by atoms with Crippen LogP contribution in [-0.4, -0.2) is 19.9 Å². The molecule has 0 radical (unpaired) electrons. The van der Waals surface area contributed by atoms with Gasteiger partial charge in [-0.3, -0.25) is 5.73 Å². The Morgan fingerprint density at radius 1 is 1.31 bits per heavy atom. The van der Waals surface area contributed by atoms with Crippen molar-refractivity contribution in [3.8, 4) is 0 Å². The number of hydrogen-bond acceptors (Lipinski definition) is 0. The van der Waals surface area contributed by atoms with Crippen LogP contribution in [0.4, 0.5) is 5.69 Å². The fourth-order valence-electron chi connectivity index (χ4n) is 1.39. The Hall–Kier alpha value is -0.390. The first-order valence-corrected chi connectivity index (χ1v) is 4.82. The van der Waals surface area contributed by atoms with Gasteiger partial charge in [0.2, 0.25) is 5.84 Å². The van der Waals surface area contributed by atoms with Crippen LogP contribution in [-0.2, 0) is 6.54 Å². The highest BCUT2D eigenvalue weighted by Crippen LogP contribution is 2.03. The van der Waals surface area contributed by atoms with Gasteiger partial charge in [-0.25, -0.2) is 4.99 Å². The highest BCUT2D eigenvalue weighted by Gasteiger charge is 2.00. The maximum atomic E-state index is 5.58. The molecule has 0 unspecified atom stereocenters.